The van der Waals surface area contributed by atoms with Crippen LogP contribution in [0.25, 0.3) is 0 Å². The van der Waals surface area contributed by atoms with E-state index in [9.17, 15) is 10.1 Å². The maximum atomic E-state index is 10.7. The molecule has 1 aliphatic carbocycles. The van der Waals surface area contributed by atoms with Gasteiger partial charge in [0.25, 0.3) is 5.69 Å². The number of nitrogens with one attached hydrogen (secondary N) is 2. The van der Waals surface area contributed by atoms with E-state index in [0.717, 1.165) is 12.6 Å². The molecule has 0 unspecified atom stereocenters. The van der Waals surface area contributed by atoms with Gasteiger partial charge < -0.3 is 9.80 Å². The van der Waals surface area contributed by atoms with Gasteiger partial charge in [0.2, 0.25) is 0 Å². The number of nitrogens with zero attached hydrogens (tertiary/aromatic N) is 1. The van der Waals surface area contributed by atoms with Crippen LogP contribution in [0.5, 0.6) is 0 Å². The third-order valence-corrected chi connectivity index (χ3v) is 5.38. The molecule has 1 heterocycles. The molecule has 120 valence electrons. The summed E-state index contributed by atoms with van der Waals surface area (Å²) in [6.45, 7) is 6.02. The van der Waals surface area contributed by atoms with Gasteiger partial charge in [0.1, 0.15) is 32.7 Å². The summed E-state index contributed by atoms with van der Waals surface area (Å²) in [4.78, 5) is 13.8. The minimum Gasteiger partial charge on any atom is -0.323 e. The molecule has 1 aromatic rings. The molecule has 1 saturated heterocycles. The lowest BCUT2D eigenvalue weighted by molar-refractivity contribution is -1.03. The quantitative estimate of drug-likeness (QED) is 0.617. The van der Waals surface area contributed by atoms with Crippen LogP contribution < -0.4 is 9.80 Å². The number of hydrogen-bond acceptors (Lipinski definition) is 2. The molecular weight excluding hydrogens is 278 g/mol. The number of benzene rings is 1. The molecule has 2 N–H and O–H groups in total. The third-order valence-electron chi connectivity index (χ3n) is 5.38. The second-order valence-corrected chi connectivity index (χ2v) is 6.84. The highest BCUT2D eigenvalue weighted by Crippen LogP contribution is 2.15. The van der Waals surface area contributed by atoms with E-state index < -0.39 is 0 Å². The minimum atomic E-state index is -0.330. The van der Waals surface area contributed by atoms with Crippen molar-refractivity contribution in [3.8, 4) is 0 Å². The summed E-state index contributed by atoms with van der Waals surface area (Å²) in [5.74, 6) is 0. The monoisotopic (exact) mass is 305 g/mol. The highest BCUT2D eigenvalue weighted by Gasteiger charge is 2.30. The summed E-state index contributed by atoms with van der Waals surface area (Å²) in [5.41, 5.74) is 1.40. The lowest BCUT2D eigenvalue weighted by Gasteiger charge is -2.36. The molecule has 0 spiro atoms. The van der Waals surface area contributed by atoms with Crippen LogP contribution >= 0.6 is 0 Å². The SMILES string of the molecule is O=[N+]([O-])c1ccc(C[NH+]2CC[NH+](C3CCCCC3)CC2)cc1. The standard InChI is InChI=1S/C17H25N3O2/c21-20(22)17-8-6-15(7-9-17)14-18-10-12-19(13-11-18)16-4-2-1-3-5-16/h6-9,16H,1-5,10-14H2/p+2. The first-order valence-electron chi connectivity index (χ1n) is 8.64. The Bertz CT molecular complexity index is 489. The fourth-order valence-electron chi connectivity index (χ4n) is 4.04. The number of rotatable bonds is 4. The Hall–Kier alpha value is -1.46. The Labute approximate surface area is 132 Å². The molecule has 0 bridgehead atoms. The van der Waals surface area contributed by atoms with Crippen LogP contribution in [0, 0.1) is 10.1 Å². The van der Waals surface area contributed by atoms with Crippen molar-refractivity contribution in [2.45, 2.75) is 44.7 Å². The maximum absolute atomic E-state index is 10.7. The van der Waals surface area contributed by atoms with Crippen molar-refractivity contribution < 1.29 is 14.7 Å². The molecule has 1 saturated carbocycles. The van der Waals surface area contributed by atoms with E-state index in [1.54, 1.807) is 17.0 Å². The highest BCUT2D eigenvalue weighted by molar-refractivity contribution is 5.32. The fraction of sp³-hybridized carbons (Fsp3) is 0.647. The summed E-state index contributed by atoms with van der Waals surface area (Å²) >= 11 is 0. The van der Waals surface area contributed by atoms with Gasteiger partial charge in [-0.15, -0.1) is 0 Å². The Balaban J connectivity index is 1.48. The van der Waals surface area contributed by atoms with E-state index in [1.807, 2.05) is 17.0 Å². The molecule has 5 heteroatoms. The number of quaternary nitrogens is 2. The molecule has 5 nitrogen and oxygen atoms in total. The normalized spacial score (nSPS) is 26.7. The zero-order valence-corrected chi connectivity index (χ0v) is 13.2. The zero-order chi connectivity index (χ0) is 15.4. The van der Waals surface area contributed by atoms with Gasteiger partial charge in [-0.3, -0.25) is 10.1 Å². The van der Waals surface area contributed by atoms with E-state index in [1.165, 1.54) is 63.8 Å². The molecule has 0 radical (unpaired) electrons. The Morgan fingerprint density at radius 3 is 2.23 bits per heavy atom. The first kappa shape index (κ1) is 15.4. The van der Waals surface area contributed by atoms with Gasteiger partial charge in [0.05, 0.1) is 11.0 Å². The van der Waals surface area contributed by atoms with E-state index in [0.29, 0.717) is 0 Å². The van der Waals surface area contributed by atoms with Crippen LogP contribution in [0.2, 0.25) is 0 Å². The molecule has 1 aromatic carbocycles. The summed E-state index contributed by atoms with van der Waals surface area (Å²) in [7, 11) is 0. The van der Waals surface area contributed by atoms with Gasteiger partial charge in [-0.2, -0.15) is 0 Å². The first-order chi connectivity index (χ1) is 10.7. The molecule has 22 heavy (non-hydrogen) atoms. The summed E-state index contributed by atoms with van der Waals surface area (Å²) in [6, 6.07) is 7.97. The van der Waals surface area contributed by atoms with Crippen LogP contribution in [0.15, 0.2) is 24.3 Å². The Morgan fingerprint density at radius 2 is 1.64 bits per heavy atom. The van der Waals surface area contributed by atoms with Crippen LogP contribution in [-0.4, -0.2) is 37.1 Å². The number of nitro groups is 1. The molecule has 3 rings (SSSR count). The van der Waals surface area contributed by atoms with Gasteiger partial charge >= 0.3 is 0 Å². The molecular formula is C17H27N3O2+2. The van der Waals surface area contributed by atoms with E-state index in [-0.39, 0.29) is 10.6 Å². The van der Waals surface area contributed by atoms with Gasteiger partial charge in [0, 0.05) is 17.7 Å². The number of nitro benzene ring substituents is 1. The van der Waals surface area contributed by atoms with Crippen molar-refractivity contribution in [3.05, 3.63) is 39.9 Å². The summed E-state index contributed by atoms with van der Waals surface area (Å²) in [5, 5.41) is 10.7. The zero-order valence-electron chi connectivity index (χ0n) is 13.2. The molecule has 0 atom stereocenters. The van der Waals surface area contributed by atoms with Crippen molar-refractivity contribution in [1.29, 1.82) is 0 Å². The highest BCUT2D eigenvalue weighted by atomic mass is 16.6. The number of non-ortho nitro benzene ring substituents is 1. The van der Waals surface area contributed by atoms with Crippen molar-refractivity contribution >= 4 is 5.69 Å². The number of piperazine rings is 1. The van der Waals surface area contributed by atoms with Gasteiger partial charge in [-0.05, 0) is 37.8 Å². The summed E-state index contributed by atoms with van der Waals surface area (Å²) < 4.78 is 0. The summed E-state index contributed by atoms with van der Waals surface area (Å²) in [6.07, 6.45) is 7.13. The van der Waals surface area contributed by atoms with Crippen LogP contribution in [0.3, 0.4) is 0 Å². The van der Waals surface area contributed by atoms with Gasteiger partial charge in [-0.25, -0.2) is 0 Å². The molecule has 0 aromatic heterocycles. The molecule has 2 fully saturated rings. The van der Waals surface area contributed by atoms with Gasteiger partial charge in [0.15, 0.2) is 0 Å². The Morgan fingerprint density at radius 1 is 1.00 bits per heavy atom. The van der Waals surface area contributed by atoms with E-state index >= 15 is 0 Å². The molecule has 1 aliphatic heterocycles. The molecule has 0 amide bonds. The van der Waals surface area contributed by atoms with Crippen molar-refractivity contribution in [2.24, 2.45) is 0 Å². The van der Waals surface area contributed by atoms with Crippen molar-refractivity contribution in [2.75, 3.05) is 26.2 Å². The predicted octanol–water partition coefficient (Wildman–Crippen LogP) is 0.211. The molecule has 2 aliphatic rings. The lowest BCUT2D eigenvalue weighted by atomic mass is 9.94. The third kappa shape index (κ3) is 3.84. The second kappa shape index (κ2) is 7.20. The minimum absolute atomic E-state index is 0.185. The smallest absolute Gasteiger partial charge is 0.269 e. The van der Waals surface area contributed by atoms with Crippen LogP contribution in [0.1, 0.15) is 37.7 Å². The Kier molecular flexibility index (Phi) is 5.05. The second-order valence-electron chi connectivity index (χ2n) is 6.84. The lowest BCUT2D eigenvalue weighted by Crippen LogP contribution is -3.29. The average molecular weight is 305 g/mol. The fourth-order valence-corrected chi connectivity index (χ4v) is 4.04. The van der Waals surface area contributed by atoms with Crippen LogP contribution in [-0.2, 0) is 6.54 Å². The van der Waals surface area contributed by atoms with E-state index in [4.69, 9.17) is 0 Å². The maximum Gasteiger partial charge on any atom is 0.269 e. The van der Waals surface area contributed by atoms with Gasteiger partial charge in [-0.1, -0.05) is 6.42 Å². The average Bonchev–Trinajstić information content (AvgIpc) is 2.57. The topological polar surface area (TPSA) is 52.0 Å². The van der Waals surface area contributed by atoms with Crippen molar-refractivity contribution in [3.63, 3.8) is 0 Å². The number of hydrogen-bond donors (Lipinski definition) is 2. The first-order valence-corrected chi connectivity index (χ1v) is 8.64. The largest absolute Gasteiger partial charge is 0.323 e. The van der Waals surface area contributed by atoms with Crippen LogP contribution in [0.4, 0.5) is 5.69 Å². The predicted molar refractivity (Wildman–Crippen MR) is 85.1 cm³/mol. The van der Waals surface area contributed by atoms with E-state index in [2.05, 4.69) is 0 Å². The van der Waals surface area contributed by atoms with Crippen molar-refractivity contribution in [1.82, 2.24) is 0 Å².